The lowest BCUT2D eigenvalue weighted by Gasteiger charge is -2.20. The summed E-state index contributed by atoms with van der Waals surface area (Å²) in [7, 11) is 1.56. The molecule has 2 rings (SSSR count). The second kappa shape index (κ2) is 7.88. The van der Waals surface area contributed by atoms with E-state index in [2.05, 4.69) is 10.3 Å². The van der Waals surface area contributed by atoms with Crippen LogP contribution in [0.1, 0.15) is 24.3 Å². The summed E-state index contributed by atoms with van der Waals surface area (Å²) in [4.78, 5) is 27.2. The molecule has 24 heavy (non-hydrogen) atoms. The van der Waals surface area contributed by atoms with E-state index in [0.29, 0.717) is 16.5 Å². The second-order valence-electron chi connectivity index (χ2n) is 5.52. The first-order valence-electron chi connectivity index (χ1n) is 7.40. The number of hydrogen-bond donors (Lipinski definition) is 2. The number of aromatic amines is 1. The molecule has 0 saturated heterocycles. The Morgan fingerprint density at radius 1 is 1.21 bits per heavy atom. The van der Waals surface area contributed by atoms with Gasteiger partial charge in [-0.05, 0) is 36.2 Å². The van der Waals surface area contributed by atoms with E-state index < -0.39 is 18.0 Å². The first-order chi connectivity index (χ1) is 11.4. The highest BCUT2D eigenvalue weighted by Crippen LogP contribution is 2.18. The third-order valence-corrected chi connectivity index (χ3v) is 3.54. The molecule has 128 valence electrons. The van der Waals surface area contributed by atoms with Crippen molar-refractivity contribution < 1.29 is 19.1 Å². The van der Waals surface area contributed by atoms with E-state index in [1.807, 2.05) is 0 Å². The Morgan fingerprint density at radius 3 is 2.38 bits per heavy atom. The lowest BCUT2D eigenvalue weighted by molar-refractivity contribution is -0.126. The van der Waals surface area contributed by atoms with Crippen LogP contribution in [-0.2, 0) is 9.53 Å². The smallest absolute Gasteiger partial charge is 0.355 e. The number of carbonyl (C=O) groups is 2. The standard InChI is InChI=1S/C17H19ClN2O4/c1-10(2)15(24-17(22)14-8-11(18)9-19-14)16(21)20-12-4-6-13(23-3)7-5-12/h4-10,15,19H,1-3H3,(H,20,21). The van der Waals surface area contributed by atoms with E-state index >= 15 is 0 Å². The van der Waals surface area contributed by atoms with Crippen molar-refractivity contribution in [3.05, 3.63) is 47.2 Å². The summed E-state index contributed by atoms with van der Waals surface area (Å²) < 4.78 is 10.4. The fourth-order valence-electron chi connectivity index (χ4n) is 2.04. The van der Waals surface area contributed by atoms with E-state index in [0.717, 1.165) is 0 Å². The minimum Gasteiger partial charge on any atom is -0.497 e. The Kier molecular flexibility index (Phi) is 5.87. The summed E-state index contributed by atoms with van der Waals surface area (Å²) in [5.74, 6) is -0.548. The number of halogens is 1. The number of carbonyl (C=O) groups excluding carboxylic acids is 2. The fourth-order valence-corrected chi connectivity index (χ4v) is 2.21. The second-order valence-corrected chi connectivity index (χ2v) is 5.96. The van der Waals surface area contributed by atoms with E-state index in [-0.39, 0.29) is 11.6 Å². The third kappa shape index (κ3) is 4.52. The average molecular weight is 351 g/mol. The Balaban J connectivity index is 2.05. The molecule has 1 amide bonds. The number of amides is 1. The number of H-pyrrole nitrogens is 1. The lowest BCUT2D eigenvalue weighted by atomic mass is 10.1. The predicted octanol–water partition coefficient (Wildman–Crippen LogP) is 3.50. The van der Waals surface area contributed by atoms with Crippen molar-refractivity contribution in [2.75, 3.05) is 12.4 Å². The molecule has 0 saturated carbocycles. The summed E-state index contributed by atoms with van der Waals surface area (Å²) in [6.45, 7) is 3.60. The minimum atomic E-state index is -0.929. The van der Waals surface area contributed by atoms with Crippen LogP contribution in [0.4, 0.5) is 5.69 Å². The molecule has 6 nitrogen and oxygen atoms in total. The number of aromatic nitrogens is 1. The monoisotopic (exact) mass is 350 g/mol. The number of nitrogens with one attached hydrogen (secondary N) is 2. The van der Waals surface area contributed by atoms with Crippen molar-refractivity contribution in [1.82, 2.24) is 4.98 Å². The van der Waals surface area contributed by atoms with Gasteiger partial charge in [-0.1, -0.05) is 25.4 Å². The van der Waals surface area contributed by atoms with E-state index in [4.69, 9.17) is 21.1 Å². The van der Waals surface area contributed by atoms with Crippen LogP contribution in [0.3, 0.4) is 0 Å². The van der Waals surface area contributed by atoms with Gasteiger partial charge in [0, 0.05) is 11.9 Å². The number of ether oxygens (including phenoxy) is 2. The first-order valence-corrected chi connectivity index (χ1v) is 7.78. The van der Waals surface area contributed by atoms with E-state index in [9.17, 15) is 9.59 Å². The number of anilines is 1. The molecule has 2 aromatic rings. The van der Waals surface area contributed by atoms with Crippen LogP contribution in [0.5, 0.6) is 5.75 Å². The van der Waals surface area contributed by atoms with Crippen molar-refractivity contribution in [2.45, 2.75) is 20.0 Å². The van der Waals surface area contributed by atoms with Crippen molar-refractivity contribution in [3.8, 4) is 5.75 Å². The van der Waals surface area contributed by atoms with Gasteiger partial charge in [0.05, 0.1) is 12.1 Å². The van der Waals surface area contributed by atoms with Gasteiger partial charge in [-0.3, -0.25) is 4.79 Å². The highest BCUT2D eigenvalue weighted by atomic mass is 35.5. The number of hydrogen-bond acceptors (Lipinski definition) is 4. The van der Waals surface area contributed by atoms with Gasteiger partial charge in [0.1, 0.15) is 11.4 Å². The van der Waals surface area contributed by atoms with Crippen LogP contribution in [0.25, 0.3) is 0 Å². The maximum atomic E-state index is 12.4. The SMILES string of the molecule is COc1ccc(NC(=O)C(OC(=O)c2cc(Cl)c[nH]2)C(C)C)cc1. The molecular formula is C17H19ClN2O4. The lowest BCUT2D eigenvalue weighted by Crippen LogP contribution is -2.36. The van der Waals surface area contributed by atoms with E-state index in [1.54, 1.807) is 45.2 Å². The molecule has 0 aliphatic rings. The molecule has 0 spiro atoms. The van der Waals surface area contributed by atoms with Gasteiger partial charge in [0.25, 0.3) is 5.91 Å². The molecule has 1 heterocycles. The van der Waals surface area contributed by atoms with E-state index in [1.165, 1.54) is 12.3 Å². The van der Waals surface area contributed by atoms with Crippen molar-refractivity contribution in [2.24, 2.45) is 5.92 Å². The maximum Gasteiger partial charge on any atom is 0.355 e. The molecule has 1 aromatic carbocycles. The van der Waals surface area contributed by atoms with Crippen LogP contribution < -0.4 is 10.1 Å². The van der Waals surface area contributed by atoms with Crippen LogP contribution in [0.2, 0.25) is 5.02 Å². The van der Waals surface area contributed by atoms with Gasteiger partial charge in [-0.2, -0.15) is 0 Å². The number of esters is 1. The molecule has 0 aliphatic heterocycles. The number of methoxy groups -OCH3 is 1. The van der Waals surface area contributed by atoms with Crippen LogP contribution >= 0.6 is 11.6 Å². The molecule has 7 heteroatoms. The fraction of sp³-hybridized carbons (Fsp3) is 0.294. The minimum absolute atomic E-state index is 0.197. The largest absolute Gasteiger partial charge is 0.497 e. The first kappa shape index (κ1) is 17.9. The molecule has 1 aromatic heterocycles. The summed E-state index contributed by atoms with van der Waals surface area (Å²) in [6, 6.07) is 8.32. The van der Waals surface area contributed by atoms with Crippen LogP contribution in [0.15, 0.2) is 36.5 Å². The maximum absolute atomic E-state index is 12.4. The molecule has 2 N–H and O–H groups in total. The van der Waals surface area contributed by atoms with Crippen LogP contribution in [-0.4, -0.2) is 30.1 Å². The molecule has 0 radical (unpaired) electrons. The van der Waals surface area contributed by atoms with Gasteiger partial charge in [0.15, 0.2) is 6.10 Å². The zero-order chi connectivity index (χ0) is 17.7. The van der Waals surface area contributed by atoms with Gasteiger partial charge < -0.3 is 19.8 Å². The Bertz CT molecular complexity index is 710. The van der Waals surface area contributed by atoms with Gasteiger partial charge in [-0.25, -0.2) is 4.79 Å². The summed E-state index contributed by atoms with van der Waals surface area (Å²) in [6.07, 6.45) is 0.543. The molecule has 1 unspecified atom stereocenters. The number of rotatable bonds is 6. The summed E-state index contributed by atoms with van der Waals surface area (Å²) in [5, 5.41) is 3.12. The highest BCUT2D eigenvalue weighted by molar-refractivity contribution is 6.30. The van der Waals surface area contributed by atoms with Gasteiger partial charge in [-0.15, -0.1) is 0 Å². The molecular weight excluding hydrogens is 332 g/mol. The predicted molar refractivity (Wildman–Crippen MR) is 91.5 cm³/mol. The quantitative estimate of drug-likeness (QED) is 0.781. The summed E-state index contributed by atoms with van der Waals surface area (Å²) in [5.41, 5.74) is 0.785. The Morgan fingerprint density at radius 2 is 1.88 bits per heavy atom. The zero-order valence-electron chi connectivity index (χ0n) is 13.6. The topological polar surface area (TPSA) is 80.4 Å². The molecule has 1 atom stereocenters. The van der Waals surface area contributed by atoms with Crippen molar-refractivity contribution in [1.29, 1.82) is 0 Å². The Labute approximate surface area is 145 Å². The third-order valence-electron chi connectivity index (χ3n) is 3.32. The van der Waals surface area contributed by atoms with Crippen molar-refractivity contribution in [3.63, 3.8) is 0 Å². The van der Waals surface area contributed by atoms with Crippen molar-refractivity contribution >= 4 is 29.2 Å². The van der Waals surface area contributed by atoms with Gasteiger partial charge in [0.2, 0.25) is 0 Å². The normalized spacial score (nSPS) is 11.9. The Hall–Kier alpha value is -2.47. The average Bonchev–Trinajstić information content (AvgIpc) is 2.99. The highest BCUT2D eigenvalue weighted by Gasteiger charge is 2.27. The molecule has 0 fully saturated rings. The summed E-state index contributed by atoms with van der Waals surface area (Å²) >= 11 is 5.77. The zero-order valence-corrected chi connectivity index (χ0v) is 14.4. The van der Waals surface area contributed by atoms with Crippen LogP contribution in [0, 0.1) is 5.92 Å². The number of benzene rings is 1. The molecule has 0 bridgehead atoms. The molecule has 0 aliphatic carbocycles. The van der Waals surface area contributed by atoms with Gasteiger partial charge >= 0.3 is 5.97 Å².